The van der Waals surface area contributed by atoms with Crippen molar-refractivity contribution in [2.24, 2.45) is 0 Å². The van der Waals surface area contributed by atoms with Gasteiger partial charge < -0.3 is 24.3 Å². The van der Waals surface area contributed by atoms with Crippen LogP contribution in [0.25, 0.3) is 0 Å². The molecule has 25 heavy (non-hydrogen) atoms. The molecule has 2 aromatic carbocycles. The standard InChI is InChI=1S/C19H21NO5/c1-22-14-6-8-15(9-7-14)25-18-12-13(5-10-16(18)23-2)20-19(21)17-4-3-11-24-17/h5-10,12,17H,3-4,11H2,1-2H3,(H,20,21)/t17-/m0/s1. The molecule has 1 heterocycles. The molecule has 1 N–H and O–H groups in total. The topological polar surface area (TPSA) is 66.0 Å². The largest absolute Gasteiger partial charge is 0.497 e. The summed E-state index contributed by atoms with van der Waals surface area (Å²) in [7, 11) is 3.18. The van der Waals surface area contributed by atoms with Gasteiger partial charge >= 0.3 is 0 Å². The molecule has 1 amide bonds. The van der Waals surface area contributed by atoms with Crippen molar-refractivity contribution in [3.8, 4) is 23.0 Å². The third-order valence-electron chi connectivity index (χ3n) is 3.94. The molecular formula is C19H21NO5. The Bertz CT molecular complexity index is 723. The number of nitrogens with one attached hydrogen (secondary N) is 1. The summed E-state index contributed by atoms with van der Waals surface area (Å²) in [6, 6.07) is 12.5. The second kappa shape index (κ2) is 7.90. The highest BCUT2D eigenvalue weighted by Gasteiger charge is 2.23. The number of rotatable bonds is 6. The van der Waals surface area contributed by atoms with Crippen molar-refractivity contribution in [2.45, 2.75) is 18.9 Å². The Balaban J connectivity index is 1.75. The van der Waals surface area contributed by atoms with Gasteiger partial charge in [0.1, 0.15) is 17.6 Å². The summed E-state index contributed by atoms with van der Waals surface area (Å²) in [5.41, 5.74) is 0.629. The second-order valence-electron chi connectivity index (χ2n) is 5.63. The number of anilines is 1. The van der Waals surface area contributed by atoms with Crippen LogP contribution in [0.4, 0.5) is 5.69 Å². The maximum atomic E-state index is 12.2. The van der Waals surface area contributed by atoms with Crippen LogP contribution < -0.4 is 19.5 Å². The molecular weight excluding hydrogens is 322 g/mol. The predicted molar refractivity (Wildman–Crippen MR) is 93.7 cm³/mol. The fourth-order valence-corrected chi connectivity index (χ4v) is 2.61. The molecule has 0 aliphatic carbocycles. The van der Waals surface area contributed by atoms with Gasteiger partial charge in [0.25, 0.3) is 5.91 Å². The molecule has 2 aromatic rings. The minimum Gasteiger partial charge on any atom is -0.497 e. The summed E-state index contributed by atoms with van der Waals surface area (Å²) in [4.78, 5) is 12.2. The third-order valence-corrected chi connectivity index (χ3v) is 3.94. The van der Waals surface area contributed by atoms with Crippen LogP contribution in [-0.4, -0.2) is 32.8 Å². The van der Waals surface area contributed by atoms with Gasteiger partial charge in [0.2, 0.25) is 0 Å². The van der Waals surface area contributed by atoms with Gasteiger partial charge in [-0.05, 0) is 49.2 Å². The molecule has 0 radical (unpaired) electrons. The smallest absolute Gasteiger partial charge is 0.253 e. The van der Waals surface area contributed by atoms with Crippen LogP contribution in [0.5, 0.6) is 23.0 Å². The molecule has 0 spiro atoms. The lowest BCUT2D eigenvalue weighted by Crippen LogP contribution is -2.26. The van der Waals surface area contributed by atoms with Crippen LogP contribution in [0.2, 0.25) is 0 Å². The van der Waals surface area contributed by atoms with E-state index in [9.17, 15) is 4.79 Å². The Hall–Kier alpha value is -2.73. The normalized spacial score (nSPS) is 16.3. The predicted octanol–water partition coefficient (Wildman–Crippen LogP) is 3.61. The second-order valence-corrected chi connectivity index (χ2v) is 5.63. The molecule has 0 aromatic heterocycles. The van der Waals surface area contributed by atoms with E-state index in [0.29, 0.717) is 29.5 Å². The van der Waals surface area contributed by atoms with Gasteiger partial charge in [0.05, 0.1) is 14.2 Å². The van der Waals surface area contributed by atoms with Crippen molar-refractivity contribution in [1.82, 2.24) is 0 Å². The van der Waals surface area contributed by atoms with Crippen LogP contribution in [-0.2, 0) is 9.53 Å². The Labute approximate surface area is 146 Å². The molecule has 1 atom stereocenters. The molecule has 1 fully saturated rings. The van der Waals surface area contributed by atoms with Crippen molar-refractivity contribution in [3.63, 3.8) is 0 Å². The fraction of sp³-hybridized carbons (Fsp3) is 0.316. The van der Waals surface area contributed by atoms with Crippen molar-refractivity contribution in [1.29, 1.82) is 0 Å². The maximum absolute atomic E-state index is 12.2. The van der Waals surface area contributed by atoms with Gasteiger partial charge in [-0.2, -0.15) is 0 Å². The lowest BCUT2D eigenvalue weighted by molar-refractivity contribution is -0.124. The third kappa shape index (κ3) is 4.22. The van der Waals surface area contributed by atoms with E-state index in [-0.39, 0.29) is 12.0 Å². The van der Waals surface area contributed by atoms with Crippen molar-refractivity contribution < 1.29 is 23.7 Å². The Morgan fingerprint density at radius 2 is 1.80 bits per heavy atom. The van der Waals surface area contributed by atoms with Crippen molar-refractivity contribution >= 4 is 11.6 Å². The number of benzene rings is 2. The summed E-state index contributed by atoms with van der Waals surface area (Å²) in [5.74, 6) is 2.33. The molecule has 0 saturated carbocycles. The summed E-state index contributed by atoms with van der Waals surface area (Å²) in [5, 5.41) is 2.86. The lowest BCUT2D eigenvalue weighted by Gasteiger charge is -2.14. The number of carbonyl (C=O) groups excluding carboxylic acids is 1. The van der Waals surface area contributed by atoms with Crippen molar-refractivity contribution in [2.75, 3.05) is 26.1 Å². The zero-order valence-electron chi connectivity index (χ0n) is 14.3. The van der Waals surface area contributed by atoms with Crippen LogP contribution in [0.3, 0.4) is 0 Å². The van der Waals surface area contributed by atoms with Gasteiger partial charge in [-0.1, -0.05) is 0 Å². The highest BCUT2D eigenvalue weighted by atomic mass is 16.5. The van der Waals surface area contributed by atoms with Gasteiger partial charge in [-0.25, -0.2) is 0 Å². The molecule has 0 unspecified atom stereocenters. The number of hydrogen-bond acceptors (Lipinski definition) is 5. The van der Waals surface area contributed by atoms with E-state index < -0.39 is 0 Å². The molecule has 1 saturated heterocycles. The van der Waals surface area contributed by atoms with E-state index in [1.807, 2.05) is 12.1 Å². The monoisotopic (exact) mass is 343 g/mol. The summed E-state index contributed by atoms with van der Waals surface area (Å²) in [6.07, 6.45) is 1.28. The van der Waals surface area contributed by atoms with Crippen LogP contribution >= 0.6 is 0 Å². The highest BCUT2D eigenvalue weighted by molar-refractivity contribution is 5.94. The van der Waals surface area contributed by atoms with Gasteiger partial charge in [0, 0.05) is 18.4 Å². The molecule has 3 rings (SSSR count). The minimum absolute atomic E-state index is 0.141. The fourth-order valence-electron chi connectivity index (χ4n) is 2.61. The van der Waals surface area contributed by atoms with Gasteiger partial charge in [-0.3, -0.25) is 4.79 Å². The number of methoxy groups -OCH3 is 2. The summed E-state index contributed by atoms with van der Waals surface area (Å²) < 4.78 is 21.8. The molecule has 132 valence electrons. The first-order valence-corrected chi connectivity index (χ1v) is 8.12. The minimum atomic E-state index is -0.381. The van der Waals surface area contributed by atoms with Crippen LogP contribution in [0.15, 0.2) is 42.5 Å². The van der Waals surface area contributed by atoms with E-state index in [0.717, 1.165) is 18.6 Å². The van der Waals surface area contributed by atoms with E-state index >= 15 is 0 Å². The van der Waals surface area contributed by atoms with Crippen LogP contribution in [0.1, 0.15) is 12.8 Å². The van der Waals surface area contributed by atoms with Gasteiger partial charge in [0.15, 0.2) is 11.5 Å². The maximum Gasteiger partial charge on any atom is 0.253 e. The first kappa shape index (κ1) is 17.1. The Morgan fingerprint density at radius 1 is 1.04 bits per heavy atom. The Kier molecular flexibility index (Phi) is 5.40. The summed E-state index contributed by atoms with van der Waals surface area (Å²) >= 11 is 0. The lowest BCUT2D eigenvalue weighted by atomic mass is 10.2. The van der Waals surface area contributed by atoms with E-state index in [4.69, 9.17) is 18.9 Å². The first-order chi connectivity index (χ1) is 12.2. The zero-order valence-corrected chi connectivity index (χ0v) is 14.3. The number of amides is 1. The van der Waals surface area contributed by atoms with E-state index in [2.05, 4.69) is 5.32 Å². The molecule has 6 nitrogen and oxygen atoms in total. The summed E-state index contributed by atoms with van der Waals surface area (Å²) in [6.45, 7) is 0.631. The number of carbonyl (C=O) groups is 1. The zero-order chi connectivity index (χ0) is 17.6. The highest BCUT2D eigenvalue weighted by Crippen LogP contribution is 2.34. The molecule has 1 aliphatic rings. The Morgan fingerprint density at radius 3 is 2.44 bits per heavy atom. The van der Waals surface area contributed by atoms with Crippen LogP contribution in [0, 0.1) is 0 Å². The first-order valence-electron chi connectivity index (χ1n) is 8.12. The molecule has 1 aliphatic heterocycles. The van der Waals surface area contributed by atoms with E-state index in [1.165, 1.54) is 0 Å². The SMILES string of the molecule is COc1ccc(Oc2cc(NC(=O)[C@@H]3CCCO3)ccc2OC)cc1. The number of hydrogen-bond donors (Lipinski definition) is 1. The quantitative estimate of drug-likeness (QED) is 0.868. The average Bonchev–Trinajstić information content (AvgIpc) is 3.17. The number of ether oxygens (including phenoxy) is 4. The molecule has 0 bridgehead atoms. The van der Waals surface area contributed by atoms with Crippen molar-refractivity contribution in [3.05, 3.63) is 42.5 Å². The van der Waals surface area contributed by atoms with Gasteiger partial charge in [-0.15, -0.1) is 0 Å². The average molecular weight is 343 g/mol. The molecule has 6 heteroatoms. The van der Waals surface area contributed by atoms with E-state index in [1.54, 1.807) is 44.6 Å².